The second-order valence-corrected chi connectivity index (χ2v) is 7.40. The number of carbonyl (C=O) groups excluding carboxylic acids is 1. The molecule has 1 aliphatic heterocycles. The van der Waals surface area contributed by atoms with Crippen molar-refractivity contribution >= 4 is 11.7 Å². The van der Waals surface area contributed by atoms with Gasteiger partial charge in [0, 0.05) is 50.5 Å². The molecule has 0 spiro atoms. The van der Waals surface area contributed by atoms with E-state index in [2.05, 4.69) is 44.5 Å². The second-order valence-electron chi connectivity index (χ2n) is 7.40. The summed E-state index contributed by atoms with van der Waals surface area (Å²) in [6.45, 7) is 2.85. The van der Waals surface area contributed by atoms with E-state index in [0.717, 1.165) is 43.7 Å². The van der Waals surface area contributed by atoms with E-state index in [1.807, 2.05) is 7.05 Å². The summed E-state index contributed by atoms with van der Waals surface area (Å²) in [6.07, 6.45) is 6.95. The number of hydrogen-bond acceptors (Lipinski definition) is 3. The number of carbonyl (C=O) groups is 1. The first-order chi connectivity index (χ1) is 12.7. The third-order valence-electron chi connectivity index (χ3n) is 5.51. The summed E-state index contributed by atoms with van der Waals surface area (Å²) >= 11 is 0. The van der Waals surface area contributed by atoms with Crippen LogP contribution in [0.25, 0.3) is 0 Å². The Morgan fingerprint density at radius 1 is 1.35 bits per heavy atom. The van der Waals surface area contributed by atoms with Crippen molar-refractivity contribution in [2.75, 3.05) is 25.0 Å². The number of imidazole rings is 1. The number of urea groups is 1. The second kappa shape index (κ2) is 7.40. The highest BCUT2D eigenvalue weighted by Gasteiger charge is 2.23. The van der Waals surface area contributed by atoms with Gasteiger partial charge in [0.1, 0.15) is 0 Å². The maximum absolute atomic E-state index is 12.7. The van der Waals surface area contributed by atoms with Gasteiger partial charge in [0.2, 0.25) is 0 Å². The van der Waals surface area contributed by atoms with Crippen LogP contribution in [0.1, 0.15) is 36.2 Å². The molecule has 2 amide bonds. The van der Waals surface area contributed by atoms with Crippen molar-refractivity contribution in [3.05, 3.63) is 47.5 Å². The van der Waals surface area contributed by atoms with Crippen LogP contribution in [0.15, 0.2) is 30.6 Å². The quantitative estimate of drug-likeness (QED) is 0.888. The van der Waals surface area contributed by atoms with Crippen LogP contribution in [0.3, 0.4) is 0 Å². The Kier molecular flexibility index (Phi) is 4.82. The van der Waals surface area contributed by atoms with Crippen LogP contribution in [0.5, 0.6) is 0 Å². The summed E-state index contributed by atoms with van der Waals surface area (Å²) in [4.78, 5) is 24.4. The number of fused-ring (bicyclic) bond motifs is 1. The molecule has 6 nitrogen and oxygen atoms in total. The molecule has 1 aliphatic carbocycles. The average Bonchev–Trinajstić information content (AvgIpc) is 3.33. The highest BCUT2D eigenvalue weighted by molar-refractivity contribution is 5.74. The minimum atomic E-state index is -0.00538. The molecular weight excluding hydrogens is 326 g/mol. The lowest BCUT2D eigenvalue weighted by atomic mass is 9.96. The monoisotopic (exact) mass is 353 g/mol. The SMILES string of the molecule is CN(Cc1ccccc1N1CCCC1)C(=O)NC1CCc2nc[nH]c2C1. The van der Waals surface area contributed by atoms with E-state index in [1.165, 1.54) is 24.1 Å². The maximum Gasteiger partial charge on any atom is 0.317 e. The lowest BCUT2D eigenvalue weighted by Crippen LogP contribution is -2.45. The van der Waals surface area contributed by atoms with Crippen molar-refractivity contribution in [1.82, 2.24) is 20.2 Å². The van der Waals surface area contributed by atoms with Gasteiger partial charge in [0.05, 0.1) is 12.0 Å². The van der Waals surface area contributed by atoms with Crippen LogP contribution in [0, 0.1) is 0 Å². The van der Waals surface area contributed by atoms with E-state index < -0.39 is 0 Å². The van der Waals surface area contributed by atoms with Gasteiger partial charge in [-0.05, 0) is 37.3 Å². The van der Waals surface area contributed by atoms with Gasteiger partial charge in [-0.3, -0.25) is 0 Å². The molecule has 6 heteroatoms. The van der Waals surface area contributed by atoms with Crippen molar-refractivity contribution in [2.45, 2.75) is 44.7 Å². The lowest BCUT2D eigenvalue weighted by Gasteiger charge is -2.27. The first-order valence-electron chi connectivity index (χ1n) is 9.56. The molecule has 0 bridgehead atoms. The fraction of sp³-hybridized carbons (Fsp3) is 0.500. The Balaban J connectivity index is 1.38. The van der Waals surface area contributed by atoms with Gasteiger partial charge in [-0.25, -0.2) is 9.78 Å². The van der Waals surface area contributed by atoms with Gasteiger partial charge in [-0.1, -0.05) is 18.2 Å². The molecule has 1 aromatic carbocycles. The number of aromatic amines is 1. The molecule has 1 saturated heterocycles. The lowest BCUT2D eigenvalue weighted by molar-refractivity contribution is 0.201. The molecule has 1 aromatic heterocycles. The molecule has 1 unspecified atom stereocenters. The zero-order valence-corrected chi connectivity index (χ0v) is 15.4. The normalized spacial score (nSPS) is 19.3. The average molecular weight is 353 g/mol. The zero-order valence-electron chi connectivity index (χ0n) is 15.4. The number of anilines is 1. The number of aromatic nitrogens is 2. The number of hydrogen-bond donors (Lipinski definition) is 2. The number of benzene rings is 1. The molecule has 4 rings (SSSR count). The fourth-order valence-electron chi connectivity index (χ4n) is 4.05. The molecule has 2 heterocycles. The predicted molar refractivity (Wildman–Crippen MR) is 102 cm³/mol. The first kappa shape index (κ1) is 16.9. The van der Waals surface area contributed by atoms with E-state index in [4.69, 9.17) is 0 Å². The summed E-state index contributed by atoms with van der Waals surface area (Å²) in [6, 6.07) is 8.62. The van der Waals surface area contributed by atoms with E-state index in [-0.39, 0.29) is 12.1 Å². The number of nitrogens with zero attached hydrogens (tertiary/aromatic N) is 3. The standard InChI is InChI=1S/C20H27N5O/c1-24(13-15-6-2-3-7-19(15)25-10-4-5-11-25)20(26)23-16-8-9-17-18(12-16)22-14-21-17/h2-3,6-7,14,16H,4-5,8-13H2,1H3,(H,21,22)(H,23,26). The summed E-state index contributed by atoms with van der Waals surface area (Å²) in [5.74, 6) is 0. The highest BCUT2D eigenvalue weighted by atomic mass is 16.2. The number of H-pyrrole nitrogens is 1. The van der Waals surface area contributed by atoms with Crippen LogP contribution in [0.2, 0.25) is 0 Å². The molecule has 1 atom stereocenters. The topological polar surface area (TPSA) is 64.3 Å². The molecule has 1 fully saturated rings. The van der Waals surface area contributed by atoms with Crippen LogP contribution in [0.4, 0.5) is 10.5 Å². The molecule has 2 aliphatic rings. The summed E-state index contributed by atoms with van der Waals surface area (Å²) < 4.78 is 0. The van der Waals surface area contributed by atoms with Gasteiger partial charge >= 0.3 is 6.03 Å². The van der Waals surface area contributed by atoms with E-state index in [9.17, 15) is 4.79 Å². The van der Waals surface area contributed by atoms with Gasteiger partial charge in [-0.2, -0.15) is 0 Å². The Labute approximate surface area is 154 Å². The highest BCUT2D eigenvalue weighted by Crippen LogP contribution is 2.25. The van der Waals surface area contributed by atoms with Gasteiger partial charge in [0.25, 0.3) is 0 Å². The van der Waals surface area contributed by atoms with Gasteiger partial charge in [-0.15, -0.1) is 0 Å². The third kappa shape index (κ3) is 3.54. The third-order valence-corrected chi connectivity index (χ3v) is 5.51. The molecule has 0 saturated carbocycles. The minimum absolute atomic E-state index is 0.00538. The largest absolute Gasteiger partial charge is 0.371 e. The Morgan fingerprint density at radius 2 is 2.15 bits per heavy atom. The molecule has 26 heavy (non-hydrogen) atoms. The molecular formula is C20H27N5O. The number of nitrogens with one attached hydrogen (secondary N) is 2. The van der Waals surface area contributed by atoms with Crippen LogP contribution < -0.4 is 10.2 Å². The molecule has 2 N–H and O–H groups in total. The minimum Gasteiger partial charge on any atom is -0.371 e. The predicted octanol–water partition coefficient (Wildman–Crippen LogP) is 2.71. The van der Waals surface area contributed by atoms with E-state index in [1.54, 1.807) is 11.2 Å². The molecule has 0 radical (unpaired) electrons. The van der Waals surface area contributed by atoms with Gasteiger partial charge in [0.15, 0.2) is 0 Å². The van der Waals surface area contributed by atoms with Crippen molar-refractivity contribution in [3.8, 4) is 0 Å². The Hall–Kier alpha value is -2.50. The Morgan fingerprint density at radius 3 is 3.00 bits per heavy atom. The summed E-state index contributed by atoms with van der Waals surface area (Å²) in [5.41, 5.74) is 4.78. The van der Waals surface area contributed by atoms with Crippen molar-refractivity contribution in [2.24, 2.45) is 0 Å². The number of amides is 2. The zero-order chi connectivity index (χ0) is 17.9. The van der Waals surface area contributed by atoms with Crippen LogP contribution >= 0.6 is 0 Å². The van der Waals surface area contributed by atoms with E-state index in [0.29, 0.717) is 6.54 Å². The fourth-order valence-corrected chi connectivity index (χ4v) is 4.05. The van der Waals surface area contributed by atoms with Crippen molar-refractivity contribution in [3.63, 3.8) is 0 Å². The van der Waals surface area contributed by atoms with E-state index >= 15 is 0 Å². The Bertz CT molecular complexity index is 765. The molecule has 2 aromatic rings. The number of aryl methyl sites for hydroxylation is 1. The smallest absolute Gasteiger partial charge is 0.317 e. The number of para-hydroxylation sites is 1. The van der Waals surface area contributed by atoms with Crippen molar-refractivity contribution in [1.29, 1.82) is 0 Å². The van der Waals surface area contributed by atoms with Crippen LogP contribution in [-0.4, -0.2) is 47.1 Å². The van der Waals surface area contributed by atoms with Crippen molar-refractivity contribution < 1.29 is 4.79 Å². The first-order valence-corrected chi connectivity index (χ1v) is 9.56. The summed E-state index contributed by atoms with van der Waals surface area (Å²) in [5, 5.41) is 3.18. The summed E-state index contributed by atoms with van der Waals surface area (Å²) in [7, 11) is 1.88. The van der Waals surface area contributed by atoms with Gasteiger partial charge < -0.3 is 20.1 Å². The number of rotatable bonds is 4. The van der Waals surface area contributed by atoms with Crippen LogP contribution in [-0.2, 0) is 19.4 Å². The maximum atomic E-state index is 12.7. The molecule has 138 valence electrons.